The van der Waals surface area contributed by atoms with E-state index in [1.165, 1.54) is 12.1 Å². The Morgan fingerprint density at radius 3 is 2.09 bits per heavy atom. The van der Waals surface area contributed by atoms with Crippen molar-refractivity contribution in [2.24, 2.45) is 0 Å². The van der Waals surface area contributed by atoms with Crippen molar-refractivity contribution >= 4 is 55.8 Å². The SMILES string of the molecule is CC/C(C(=O)O)=c1/c(CC(=O)O)ccc2c1c(C(C)C)c1ccc(O)c3c(C(=O)O)cc(C)c2c13. The summed E-state index contributed by atoms with van der Waals surface area (Å²) >= 11 is 0. The molecule has 4 N–H and O–H groups in total. The molecule has 0 atom stereocenters. The number of aliphatic carboxylic acids is 2. The molecule has 0 aliphatic rings. The molecule has 0 radical (unpaired) electrons. The summed E-state index contributed by atoms with van der Waals surface area (Å²) in [6.07, 6.45) is -0.141. The molecule has 4 aromatic rings. The molecule has 0 aliphatic heterocycles. The van der Waals surface area contributed by atoms with Gasteiger partial charge in [0, 0.05) is 16.3 Å². The number of phenols is 1. The predicted molar refractivity (Wildman–Crippen MR) is 134 cm³/mol. The number of carbonyl (C=O) groups is 3. The zero-order valence-electron chi connectivity index (χ0n) is 19.9. The largest absolute Gasteiger partial charge is 0.507 e. The molecule has 0 amide bonds. The fourth-order valence-corrected chi connectivity index (χ4v) is 5.38. The van der Waals surface area contributed by atoms with E-state index in [0.29, 0.717) is 43.3 Å². The second-order valence-corrected chi connectivity index (χ2v) is 9.10. The van der Waals surface area contributed by atoms with Gasteiger partial charge in [0.1, 0.15) is 5.75 Å². The molecule has 4 aromatic carbocycles. The zero-order chi connectivity index (χ0) is 25.8. The highest BCUT2D eigenvalue weighted by Crippen LogP contribution is 2.44. The monoisotopic (exact) mass is 474 g/mol. The lowest BCUT2D eigenvalue weighted by atomic mass is 9.81. The van der Waals surface area contributed by atoms with Gasteiger partial charge in [0.2, 0.25) is 0 Å². The van der Waals surface area contributed by atoms with Gasteiger partial charge >= 0.3 is 17.9 Å². The quantitative estimate of drug-likeness (QED) is 0.229. The van der Waals surface area contributed by atoms with Gasteiger partial charge in [0.25, 0.3) is 0 Å². The van der Waals surface area contributed by atoms with Crippen LogP contribution >= 0.6 is 0 Å². The molecule has 0 aliphatic carbocycles. The van der Waals surface area contributed by atoms with Gasteiger partial charge in [-0.05, 0) is 74.8 Å². The minimum atomic E-state index is -1.16. The minimum Gasteiger partial charge on any atom is -0.507 e. The van der Waals surface area contributed by atoms with Crippen molar-refractivity contribution in [3.63, 3.8) is 0 Å². The van der Waals surface area contributed by atoms with Crippen LogP contribution in [0.3, 0.4) is 0 Å². The molecule has 0 unspecified atom stereocenters. The molecular formula is C28H26O7. The average molecular weight is 475 g/mol. The molecule has 180 valence electrons. The number of aromatic hydroxyl groups is 1. The molecular weight excluding hydrogens is 448 g/mol. The van der Waals surface area contributed by atoms with Gasteiger partial charge in [-0.1, -0.05) is 39.0 Å². The number of carboxylic acids is 3. The van der Waals surface area contributed by atoms with E-state index in [2.05, 4.69) is 0 Å². The first-order chi connectivity index (χ1) is 16.5. The van der Waals surface area contributed by atoms with Crippen molar-refractivity contribution in [3.05, 3.63) is 57.8 Å². The lowest BCUT2D eigenvalue weighted by Gasteiger charge is -2.22. The maximum Gasteiger partial charge on any atom is 0.336 e. The molecule has 0 aromatic heterocycles. The van der Waals surface area contributed by atoms with Crippen LogP contribution in [0.2, 0.25) is 0 Å². The highest BCUT2D eigenvalue weighted by molar-refractivity contribution is 6.29. The number of benzene rings is 4. The van der Waals surface area contributed by atoms with Crippen LogP contribution in [0.25, 0.3) is 37.9 Å². The lowest BCUT2D eigenvalue weighted by molar-refractivity contribution is -0.136. The van der Waals surface area contributed by atoms with Crippen molar-refractivity contribution in [3.8, 4) is 5.75 Å². The number of aryl methyl sites for hydroxylation is 1. The summed E-state index contributed by atoms with van der Waals surface area (Å²) in [5.74, 6) is -3.61. The topological polar surface area (TPSA) is 132 Å². The van der Waals surface area contributed by atoms with Gasteiger partial charge in [-0.25, -0.2) is 9.59 Å². The van der Waals surface area contributed by atoms with Crippen LogP contribution in [0, 0.1) is 6.92 Å². The number of aromatic carboxylic acids is 1. The summed E-state index contributed by atoms with van der Waals surface area (Å²) in [6, 6.07) is 8.12. The third-order valence-electron chi connectivity index (χ3n) is 6.64. The molecule has 4 rings (SSSR count). The van der Waals surface area contributed by atoms with E-state index in [9.17, 15) is 34.8 Å². The second kappa shape index (κ2) is 8.58. The van der Waals surface area contributed by atoms with Crippen molar-refractivity contribution in [1.29, 1.82) is 0 Å². The smallest absolute Gasteiger partial charge is 0.336 e. The Labute approximate surface area is 200 Å². The van der Waals surface area contributed by atoms with E-state index < -0.39 is 17.9 Å². The van der Waals surface area contributed by atoms with E-state index in [1.807, 2.05) is 13.8 Å². The number of hydrogen-bond donors (Lipinski definition) is 4. The standard InChI is InChI=1S/C28H26O7/c1-5-15(27(32)33)23-14(11-20(30)31)6-7-17-22-13(4)10-18(28(34)35)24-19(29)9-8-16(26(22)24)21(12(2)3)25(17)23/h6-10,12,29H,5,11H2,1-4H3,(H,30,31)(H,32,33)(H,34,35)/b23-15+. The Morgan fingerprint density at radius 2 is 1.54 bits per heavy atom. The number of fused-ring (bicyclic) bond motifs is 2. The first kappa shape index (κ1) is 24.0. The third kappa shape index (κ3) is 3.64. The summed E-state index contributed by atoms with van der Waals surface area (Å²) in [5, 5.41) is 44.2. The zero-order valence-corrected chi connectivity index (χ0v) is 19.9. The van der Waals surface area contributed by atoms with Crippen LogP contribution in [0.5, 0.6) is 5.75 Å². The summed E-state index contributed by atoms with van der Waals surface area (Å²) in [7, 11) is 0. The van der Waals surface area contributed by atoms with Gasteiger partial charge in [0.15, 0.2) is 0 Å². The Balaban J connectivity index is 2.50. The van der Waals surface area contributed by atoms with Gasteiger partial charge in [-0.2, -0.15) is 0 Å². The Hall–Kier alpha value is -4.13. The highest BCUT2D eigenvalue weighted by atomic mass is 16.4. The first-order valence-corrected chi connectivity index (χ1v) is 11.4. The Bertz CT molecular complexity index is 1630. The molecule has 7 nitrogen and oxygen atoms in total. The normalized spacial score (nSPS) is 12.6. The predicted octanol–water partition coefficient (Wildman–Crippen LogP) is 4.97. The van der Waals surface area contributed by atoms with Gasteiger partial charge in [-0.15, -0.1) is 0 Å². The molecule has 0 fully saturated rings. The minimum absolute atomic E-state index is 0.0128. The summed E-state index contributed by atoms with van der Waals surface area (Å²) in [4.78, 5) is 36.1. The molecule has 7 heteroatoms. The number of phenolic OH excluding ortho intramolecular Hbond substituents is 1. The fraction of sp³-hybridized carbons (Fsp3) is 0.250. The Morgan fingerprint density at radius 1 is 0.886 bits per heavy atom. The van der Waals surface area contributed by atoms with E-state index >= 15 is 0 Å². The summed E-state index contributed by atoms with van der Waals surface area (Å²) in [5.41, 5.74) is 1.97. The first-order valence-electron chi connectivity index (χ1n) is 11.4. The molecule has 0 saturated carbocycles. The lowest BCUT2D eigenvalue weighted by Crippen LogP contribution is -2.22. The van der Waals surface area contributed by atoms with Crippen molar-refractivity contribution in [2.45, 2.75) is 46.5 Å². The van der Waals surface area contributed by atoms with Crippen molar-refractivity contribution in [2.75, 3.05) is 0 Å². The van der Waals surface area contributed by atoms with Crippen LogP contribution in [-0.4, -0.2) is 38.3 Å². The van der Waals surface area contributed by atoms with E-state index in [1.54, 1.807) is 32.0 Å². The maximum absolute atomic E-state index is 12.3. The third-order valence-corrected chi connectivity index (χ3v) is 6.64. The Kier molecular flexibility index (Phi) is 5.88. The van der Waals surface area contributed by atoms with Crippen molar-refractivity contribution in [1.82, 2.24) is 0 Å². The van der Waals surface area contributed by atoms with Crippen LogP contribution in [0.4, 0.5) is 0 Å². The van der Waals surface area contributed by atoms with Crippen molar-refractivity contribution < 1.29 is 34.8 Å². The van der Waals surface area contributed by atoms with Crippen LogP contribution in [-0.2, 0) is 16.0 Å². The van der Waals surface area contributed by atoms with E-state index in [-0.39, 0.29) is 41.0 Å². The maximum atomic E-state index is 12.3. The van der Waals surface area contributed by atoms with Crippen LogP contribution < -0.4 is 5.22 Å². The molecule has 0 spiro atoms. The summed E-state index contributed by atoms with van der Waals surface area (Å²) in [6.45, 7) is 7.42. The van der Waals surface area contributed by atoms with E-state index in [4.69, 9.17) is 0 Å². The number of carboxylic acid groups (broad SMARTS) is 3. The fourth-order valence-electron chi connectivity index (χ4n) is 5.38. The second-order valence-electron chi connectivity index (χ2n) is 9.10. The summed E-state index contributed by atoms with van der Waals surface area (Å²) < 4.78 is 0. The number of hydrogen-bond acceptors (Lipinski definition) is 4. The molecule has 35 heavy (non-hydrogen) atoms. The molecule has 0 saturated heterocycles. The van der Waals surface area contributed by atoms with Crippen LogP contribution in [0.1, 0.15) is 60.2 Å². The van der Waals surface area contributed by atoms with Gasteiger partial charge < -0.3 is 20.4 Å². The number of rotatable bonds is 6. The van der Waals surface area contributed by atoms with Gasteiger partial charge in [0.05, 0.1) is 12.0 Å². The van der Waals surface area contributed by atoms with Gasteiger partial charge in [-0.3, -0.25) is 4.79 Å². The molecule has 0 heterocycles. The van der Waals surface area contributed by atoms with E-state index in [0.717, 1.165) is 5.56 Å². The molecule has 0 bridgehead atoms. The average Bonchev–Trinajstić information content (AvgIpc) is 2.76. The highest BCUT2D eigenvalue weighted by Gasteiger charge is 2.25. The van der Waals surface area contributed by atoms with Crippen LogP contribution in [0.15, 0.2) is 30.3 Å².